The van der Waals surface area contributed by atoms with Crippen LogP contribution in [0.1, 0.15) is 23.8 Å². The van der Waals surface area contributed by atoms with Crippen LogP contribution in [0.5, 0.6) is 5.75 Å². The second kappa shape index (κ2) is 9.56. The number of rotatable bonds is 7. The lowest BCUT2D eigenvalue weighted by Crippen LogP contribution is -2.28. The highest BCUT2D eigenvalue weighted by molar-refractivity contribution is 7.99. The number of nitrogens with zero attached hydrogens (tertiary/aromatic N) is 5. The number of hydrazone groups is 1. The van der Waals surface area contributed by atoms with Gasteiger partial charge in [-0.25, -0.2) is 5.01 Å². The van der Waals surface area contributed by atoms with Crippen molar-refractivity contribution in [2.45, 2.75) is 17.6 Å². The lowest BCUT2D eigenvalue weighted by atomic mass is 10.0. The number of carbonyl (C=O) groups is 1. The van der Waals surface area contributed by atoms with Gasteiger partial charge in [-0.05, 0) is 42.0 Å². The molecule has 0 saturated carbocycles. The topological polar surface area (TPSA) is 85.8 Å². The smallest absolute Gasteiger partial charge is 0.253 e. The summed E-state index contributed by atoms with van der Waals surface area (Å²) in [6.45, 7) is 0. The van der Waals surface area contributed by atoms with Crippen molar-refractivity contribution in [2.24, 2.45) is 12.1 Å². The molecule has 1 amide bonds. The number of hydrogen-bond donors (Lipinski definition) is 0. The van der Waals surface area contributed by atoms with Crippen LogP contribution < -0.4 is 4.74 Å². The van der Waals surface area contributed by atoms with Gasteiger partial charge in [-0.15, -0.1) is 10.2 Å². The van der Waals surface area contributed by atoms with Crippen molar-refractivity contribution < 1.29 is 13.9 Å². The quantitative estimate of drug-likeness (QED) is 0.366. The maximum atomic E-state index is 13.3. The van der Waals surface area contributed by atoms with Gasteiger partial charge in [0.15, 0.2) is 11.0 Å². The van der Waals surface area contributed by atoms with Crippen LogP contribution in [-0.2, 0) is 11.8 Å². The molecule has 2 aromatic carbocycles. The van der Waals surface area contributed by atoms with Crippen LogP contribution >= 0.6 is 11.8 Å². The Morgan fingerprint density at radius 1 is 1.06 bits per heavy atom. The maximum absolute atomic E-state index is 13.3. The van der Waals surface area contributed by atoms with Gasteiger partial charge < -0.3 is 13.7 Å². The van der Waals surface area contributed by atoms with E-state index in [1.54, 1.807) is 13.4 Å². The van der Waals surface area contributed by atoms with Crippen molar-refractivity contribution in [1.29, 1.82) is 0 Å². The Morgan fingerprint density at radius 2 is 1.85 bits per heavy atom. The van der Waals surface area contributed by atoms with E-state index in [4.69, 9.17) is 9.15 Å². The SMILES string of the molecule is COc1ccc(C2=NN(C(=O)CSc3nnc(-c4ccccc4)n3C)[C@H](c3ccco3)C2)cc1. The third kappa shape index (κ3) is 4.34. The number of aromatic nitrogens is 3. The Labute approximate surface area is 201 Å². The highest BCUT2D eigenvalue weighted by Crippen LogP contribution is 2.34. The number of ether oxygens (including phenoxy) is 1. The van der Waals surface area contributed by atoms with E-state index in [0.29, 0.717) is 17.3 Å². The summed E-state index contributed by atoms with van der Waals surface area (Å²) >= 11 is 1.34. The molecule has 34 heavy (non-hydrogen) atoms. The molecule has 172 valence electrons. The fourth-order valence-corrected chi connectivity index (χ4v) is 4.64. The first-order valence-corrected chi connectivity index (χ1v) is 11.8. The van der Waals surface area contributed by atoms with Crippen molar-refractivity contribution in [3.63, 3.8) is 0 Å². The van der Waals surface area contributed by atoms with Gasteiger partial charge >= 0.3 is 0 Å². The van der Waals surface area contributed by atoms with Crippen molar-refractivity contribution in [2.75, 3.05) is 12.9 Å². The normalized spacial score (nSPS) is 15.4. The second-order valence-corrected chi connectivity index (χ2v) is 8.71. The molecule has 5 rings (SSSR count). The van der Waals surface area contributed by atoms with Gasteiger partial charge in [-0.2, -0.15) is 5.10 Å². The highest BCUT2D eigenvalue weighted by Gasteiger charge is 2.35. The standard InChI is InChI=1S/C25H23N5O3S/c1-29-24(18-7-4-3-5-8-18)26-27-25(29)34-16-23(31)30-21(22-9-6-14-33-22)15-20(28-30)17-10-12-19(32-2)13-11-17/h3-14,21H,15-16H2,1-2H3/t21-/m0/s1. The first kappa shape index (κ1) is 22.0. The monoisotopic (exact) mass is 473 g/mol. The first-order valence-electron chi connectivity index (χ1n) is 10.8. The summed E-state index contributed by atoms with van der Waals surface area (Å²) in [5, 5.41) is 15.5. The summed E-state index contributed by atoms with van der Waals surface area (Å²) in [4.78, 5) is 13.3. The van der Waals surface area contributed by atoms with E-state index in [0.717, 1.165) is 28.4 Å². The van der Waals surface area contributed by atoms with Crippen molar-refractivity contribution in [1.82, 2.24) is 19.8 Å². The van der Waals surface area contributed by atoms with Gasteiger partial charge in [-0.3, -0.25) is 4.79 Å². The molecule has 1 atom stereocenters. The maximum Gasteiger partial charge on any atom is 0.253 e. The van der Waals surface area contributed by atoms with Gasteiger partial charge in [0, 0.05) is 19.0 Å². The molecule has 0 saturated heterocycles. The summed E-state index contributed by atoms with van der Waals surface area (Å²) in [7, 11) is 3.53. The lowest BCUT2D eigenvalue weighted by molar-refractivity contribution is -0.130. The average Bonchev–Trinajstić information content (AvgIpc) is 3.63. The molecule has 2 aromatic heterocycles. The van der Waals surface area contributed by atoms with E-state index in [9.17, 15) is 4.79 Å². The Balaban J connectivity index is 1.34. The van der Waals surface area contributed by atoms with Gasteiger partial charge in [0.2, 0.25) is 0 Å². The highest BCUT2D eigenvalue weighted by atomic mass is 32.2. The molecule has 3 heterocycles. The van der Waals surface area contributed by atoms with E-state index in [2.05, 4.69) is 15.3 Å². The molecule has 0 fully saturated rings. The number of amides is 1. The van der Waals surface area contributed by atoms with Crippen LogP contribution in [0, 0.1) is 0 Å². The molecule has 0 N–H and O–H groups in total. The molecular weight excluding hydrogens is 450 g/mol. The zero-order valence-electron chi connectivity index (χ0n) is 18.8. The molecule has 0 radical (unpaired) electrons. The van der Waals surface area contributed by atoms with Gasteiger partial charge in [0.05, 0.1) is 24.8 Å². The summed E-state index contributed by atoms with van der Waals surface area (Å²) < 4.78 is 12.8. The number of carbonyl (C=O) groups excluding carboxylic acids is 1. The molecule has 0 spiro atoms. The third-order valence-electron chi connectivity index (χ3n) is 5.65. The molecule has 9 heteroatoms. The summed E-state index contributed by atoms with van der Waals surface area (Å²) in [5.74, 6) is 2.28. The van der Waals surface area contributed by atoms with E-state index >= 15 is 0 Å². The number of methoxy groups -OCH3 is 1. The van der Waals surface area contributed by atoms with Crippen LogP contribution in [0.2, 0.25) is 0 Å². The third-order valence-corrected chi connectivity index (χ3v) is 6.66. The number of furan rings is 1. The van der Waals surface area contributed by atoms with E-state index in [1.807, 2.05) is 78.3 Å². The predicted octanol–water partition coefficient (Wildman–Crippen LogP) is 4.55. The largest absolute Gasteiger partial charge is 0.497 e. The fraction of sp³-hybridized carbons (Fsp3) is 0.200. The molecule has 0 aliphatic carbocycles. The second-order valence-electron chi connectivity index (χ2n) is 7.77. The summed E-state index contributed by atoms with van der Waals surface area (Å²) in [6, 6.07) is 20.9. The molecule has 1 aliphatic heterocycles. The van der Waals surface area contributed by atoms with Crippen LogP contribution in [0.4, 0.5) is 0 Å². The summed E-state index contributed by atoms with van der Waals surface area (Å²) in [6.07, 6.45) is 2.18. The Hall–Kier alpha value is -3.85. The Morgan fingerprint density at radius 3 is 2.56 bits per heavy atom. The van der Waals surface area contributed by atoms with Crippen LogP contribution in [-0.4, -0.2) is 44.3 Å². The minimum absolute atomic E-state index is 0.126. The number of benzene rings is 2. The number of thioether (sulfide) groups is 1. The lowest BCUT2D eigenvalue weighted by Gasteiger charge is -2.19. The molecule has 8 nitrogen and oxygen atoms in total. The molecular formula is C25H23N5O3S. The number of hydrogen-bond acceptors (Lipinski definition) is 7. The Kier molecular flexibility index (Phi) is 6.18. The minimum Gasteiger partial charge on any atom is -0.497 e. The first-order chi connectivity index (χ1) is 16.6. The zero-order valence-corrected chi connectivity index (χ0v) is 19.6. The van der Waals surface area contributed by atoms with Gasteiger partial charge in [-0.1, -0.05) is 42.1 Å². The molecule has 4 aromatic rings. The van der Waals surface area contributed by atoms with Crippen molar-refractivity contribution in [3.8, 4) is 17.1 Å². The average molecular weight is 474 g/mol. The minimum atomic E-state index is -0.292. The molecule has 1 aliphatic rings. The van der Waals surface area contributed by atoms with Crippen LogP contribution in [0.3, 0.4) is 0 Å². The van der Waals surface area contributed by atoms with E-state index < -0.39 is 0 Å². The van der Waals surface area contributed by atoms with Crippen molar-refractivity contribution >= 4 is 23.4 Å². The van der Waals surface area contributed by atoms with Gasteiger partial charge in [0.25, 0.3) is 5.91 Å². The molecule has 0 unspecified atom stereocenters. The zero-order chi connectivity index (χ0) is 23.5. The van der Waals surface area contributed by atoms with Crippen molar-refractivity contribution in [3.05, 3.63) is 84.3 Å². The van der Waals surface area contributed by atoms with Gasteiger partial charge in [0.1, 0.15) is 17.6 Å². The van der Waals surface area contributed by atoms with E-state index in [-0.39, 0.29) is 17.7 Å². The predicted molar refractivity (Wildman–Crippen MR) is 130 cm³/mol. The molecule has 0 bridgehead atoms. The Bertz CT molecular complexity index is 1300. The summed E-state index contributed by atoms with van der Waals surface area (Å²) in [5.41, 5.74) is 2.75. The fourth-order valence-electron chi connectivity index (χ4n) is 3.87. The van der Waals surface area contributed by atoms with E-state index in [1.165, 1.54) is 16.8 Å². The van der Waals surface area contributed by atoms with Crippen LogP contribution in [0.15, 0.2) is 87.7 Å². The van der Waals surface area contributed by atoms with Crippen LogP contribution in [0.25, 0.3) is 11.4 Å².